The monoisotopic (exact) mass is 321 g/mol. The molecule has 0 saturated carbocycles. The molecule has 0 aliphatic carbocycles. The van der Waals surface area contributed by atoms with E-state index in [0.717, 1.165) is 35.3 Å². The molecule has 0 fully saturated rings. The first-order valence-electron chi connectivity index (χ1n) is 7.94. The fourth-order valence-corrected chi connectivity index (χ4v) is 2.51. The summed E-state index contributed by atoms with van der Waals surface area (Å²) < 4.78 is 11.2. The fourth-order valence-electron chi connectivity index (χ4n) is 2.51. The number of H-pyrrole nitrogens is 1. The van der Waals surface area contributed by atoms with E-state index in [1.165, 1.54) is 0 Å². The van der Waals surface area contributed by atoms with Crippen LogP contribution in [-0.2, 0) is 0 Å². The second kappa shape index (κ2) is 7.51. The van der Waals surface area contributed by atoms with Crippen LogP contribution >= 0.6 is 0 Å². The predicted octanol–water partition coefficient (Wildman–Crippen LogP) is 4.31. The van der Waals surface area contributed by atoms with E-state index in [0.29, 0.717) is 24.5 Å². The number of imidazole rings is 1. The van der Waals surface area contributed by atoms with Crippen LogP contribution in [0.25, 0.3) is 22.4 Å². The Kier molecular flexibility index (Phi) is 4.97. The average Bonchev–Trinajstić information content (AvgIpc) is 3.05. The van der Waals surface area contributed by atoms with Crippen LogP contribution in [0.1, 0.15) is 19.3 Å². The largest absolute Gasteiger partial charge is 0.493 e. The van der Waals surface area contributed by atoms with Gasteiger partial charge in [-0.2, -0.15) is 5.26 Å². The average molecular weight is 321 g/mol. The number of hydrogen-bond acceptors (Lipinski definition) is 4. The number of nitrogens with zero attached hydrogens (tertiary/aromatic N) is 2. The highest BCUT2D eigenvalue weighted by Crippen LogP contribution is 2.32. The van der Waals surface area contributed by atoms with E-state index in [4.69, 9.17) is 14.7 Å². The van der Waals surface area contributed by atoms with Gasteiger partial charge in [0.05, 0.1) is 30.8 Å². The lowest BCUT2D eigenvalue weighted by atomic mass is 10.2. The molecule has 3 rings (SSSR count). The summed E-state index contributed by atoms with van der Waals surface area (Å²) in [6.07, 6.45) is 2.23. The van der Waals surface area contributed by atoms with Crippen molar-refractivity contribution >= 4 is 11.0 Å². The van der Waals surface area contributed by atoms with Crippen molar-refractivity contribution in [2.24, 2.45) is 0 Å². The highest BCUT2D eigenvalue weighted by molar-refractivity contribution is 5.79. The Morgan fingerprint density at radius 2 is 2.00 bits per heavy atom. The summed E-state index contributed by atoms with van der Waals surface area (Å²) in [5, 5.41) is 8.57. The molecule has 2 aromatic carbocycles. The molecule has 0 bridgehead atoms. The van der Waals surface area contributed by atoms with Crippen molar-refractivity contribution in [3.8, 4) is 29.0 Å². The maximum absolute atomic E-state index is 8.57. The van der Waals surface area contributed by atoms with Crippen molar-refractivity contribution in [3.05, 3.63) is 42.5 Å². The van der Waals surface area contributed by atoms with Gasteiger partial charge in [-0.3, -0.25) is 0 Å². The van der Waals surface area contributed by atoms with Crippen LogP contribution in [-0.4, -0.2) is 23.7 Å². The summed E-state index contributed by atoms with van der Waals surface area (Å²) in [6, 6.07) is 15.8. The summed E-state index contributed by atoms with van der Waals surface area (Å²) in [7, 11) is 1.62. The van der Waals surface area contributed by atoms with Gasteiger partial charge in [0.25, 0.3) is 0 Å². The van der Waals surface area contributed by atoms with E-state index in [2.05, 4.69) is 16.0 Å². The molecule has 0 spiro atoms. The minimum absolute atomic E-state index is 0.555. The van der Waals surface area contributed by atoms with Gasteiger partial charge in [-0.25, -0.2) is 4.98 Å². The lowest BCUT2D eigenvalue weighted by Crippen LogP contribution is -1.99. The van der Waals surface area contributed by atoms with E-state index >= 15 is 0 Å². The second-order valence-corrected chi connectivity index (χ2v) is 5.43. The minimum Gasteiger partial charge on any atom is -0.493 e. The number of methoxy groups -OCH3 is 1. The number of aromatic amines is 1. The van der Waals surface area contributed by atoms with Crippen molar-refractivity contribution in [3.63, 3.8) is 0 Å². The van der Waals surface area contributed by atoms with Crippen LogP contribution in [0, 0.1) is 11.3 Å². The van der Waals surface area contributed by atoms with Gasteiger partial charge < -0.3 is 14.5 Å². The first-order valence-corrected chi connectivity index (χ1v) is 7.94. The van der Waals surface area contributed by atoms with Crippen LogP contribution in [0.5, 0.6) is 11.5 Å². The Morgan fingerprint density at radius 1 is 1.12 bits per heavy atom. The van der Waals surface area contributed by atoms with Gasteiger partial charge in [0.1, 0.15) is 5.82 Å². The zero-order valence-corrected chi connectivity index (χ0v) is 13.6. The molecule has 1 aromatic heterocycles. The first-order chi connectivity index (χ1) is 11.8. The number of nitrogens with one attached hydrogen (secondary N) is 1. The van der Waals surface area contributed by atoms with Crippen molar-refractivity contribution in [2.75, 3.05) is 13.7 Å². The predicted molar refractivity (Wildman–Crippen MR) is 93.0 cm³/mol. The molecular weight excluding hydrogens is 302 g/mol. The molecular formula is C19H19N3O2. The Labute approximate surface area is 140 Å². The van der Waals surface area contributed by atoms with Crippen LogP contribution in [0.3, 0.4) is 0 Å². The lowest BCUT2D eigenvalue weighted by molar-refractivity contribution is 0.287. The SMILES string of the molecule is COc1ccc(-c2nc3ccccc3[nH]2)cc1OCCCCC#N. The molecule has 0 atom stereocenters. The maximum atomic E-state index is 8.57. The zero-order valence-electron chi connectivity index (χ0n) is 13.6. The third-order valence-electron chi connectivity index (χ3n) is 3.77. The van der Waals surface area contributed by atoms with Crippen LogP contribution in [0.2, 0.25) is 0 Å². The molecule has 0 aliphatic rings. The summed E-state index contributed by atoms with van der Waals surface area (Å²) in [4.78, 5) is 7.93. The fraction of sp³-hybridized carbons (Fsp3) is 0.263. The third-order valence-corrected chi connectivity index (χ3v) is 3.77. The number of ether oxygens (including phenoxy) is 2. The van der Waals surface area contributed by atoms with Gasteiger partial charge >= 0.3 is 0 Å². The molecule has 3 aromatic rings. The van der Waals surface area contributed by atoms with Crippen LogP contribution in [0.4, 0.5) is 0 Å². The number of hydrogen-bond donors (Lipinski definition) is 1. The minimum atomic E-state index is 0.555. The molecule has 122 valence electrons. The number of aromatic nitrogens is 2. The van der Waals surface area contributed by atoms with Crippen molar-refractivity contribution in [1.82, 2.24) is 9.97 Å². The molecule has 24 heavy (non-hydrogen) atoms. The van der Waals surface area contributed by atoms with Crippen LogP contribution < -0.4 is 9.47 Å². The Balaban J connectivity index is 1.81. The van der Waals surface area contributed by atoms with Gasteiger partial charge in [0.15, 0.2) is 11.5 Å². The van der Waals surface area contributed by atoms with Gasteiger partial charge in [0.2, 0.25) is 0 Å². The number of benzene rings is 2. The smallest absolute Gasteiger partial charge is 0.161 e. The number of para-hydroxylation sites is 2. The number of nitriles is 1. The molecule has 1 heterocycles. The van der Waals surface area contributed by atoms with Gasteiger partial charge in [-0.15, -0.1) is 0 Å². The Hall–Kier alpha value is -3.00. The van der Waals surface area contributed by atoms with Gasteiger partial charge in [-0.05, 0) is 43.2 Å². The maximum Gasteiger partial charge on any atom is 0.161 e. The Bertz CT molecular complexity index is 831. The summed E-state index contributed by atoms with van der Waals surface area (Å²) in [6.45, 7) is 0.557. The molecule has 0 radical (unpaired) electrons. The third kappa shape index (κ3) is 3.49. The normalized spacial score (nSPS) is 10.5. The van der Waals surface area contributed by atoms with Crippen molar-refractivity contribution < 1.29 is 9.47 Å². The quantitative estimate of drug-likeness (QED) is 0.658. The summed E-state index contributed by atoms with van der Waals surface area (Å²) in [5.74, 6) is 2.18. The molecule has 1 N–H and O–H groups in total. The van der Waals surface area contributed by atoms with Crippen molar-refractivity contribution in [1.29, 1.82) is 5.26 Å². The van der Waals surface area contributed by atoms with Crippen molar-refractivity contribution in [2.45, 2.75) is 19.3 Å². The Morgan fingerprint density at radius 3 is 2.79 bits per heavy atom. The van der Waals surface area contributed by atoms with E-state index in [9.17, 15) is 0 Å². The molecule has 0 unspecified atom stereocenters. The lowest BCUT2D eigenvalue weighted by Gasteiger charge is -2.11. The first kappa shape index (κ1) is 15.9. The van der Waals surface area contributed by atoms with E-state index in [1.807, 2.05) is 42.5 Å². The number of unbranched alkanes of at least 4 members (excludes halogenated alkanes) is 2. The van der Waals surface area contributed by atoms with Crippen LogP contribution in [0.15, 0.2) is 42.5 Å². The van der Waals surface area contributed by atoms with Gasteiger partial charge in [0, 0.05) is 12.0 Å². The highest BCUT2D eigenvalue weighted by atomic mass is 16.5. The number of rotatable bonds is 7. The topological polar surface area (TPSA) is 70.9 Å². The van der Waals surface area contributed by atoms with E-state index in [1.54, 1.807) is 7.11 Å². The van der Waals surface area contributed by atoms with Gasteiger partial charge in [-0.1, -0.05) is 12.1 Å². The molecule has 0 amide bonds. The second-order valence-electron chi connectivity index (χ2n) is 5.43. The molecule has 0 aliphatic heterocycles. The van der Waals surface area contributed by atoms with E-state index in [-0.39, 0.29) is 0 Å². The summed E-state index contributed by atoms with van der Waals surface area (Å²) in [5.41, 5.74) is 2.88. The zero-order chi connectivity index (χ0) is 16.8. The molecule has 5 nitrogen and oxygen atoms in total. The molecule has 0 saturated heterocycles. The number of fused-ring (bicyclic) bond motifs is 1. The highest BCUT2D eigenvalue weighted by Gasteiger charge is 2.10. The van der Waals surface area contributed by atoms with E-state index < -0.39 is 0 Å². The standard InChI is InChI=1S/C19H19N3O2/c1-23-17-10-9-14(13-18(17)24-12-6-2-5-11-20)19-21-15-7-3-4-8-16(15)22-19/h3-4,7-10,13H,2,5-6,12H2,1H3,(H,21,22). The summed E-state index contributed by atoms with van der Waals surface area (Å²) >= 11 is 0. The molecule has 5 heteroatoms.